The number of unbranched alkanes of at least 4 members (excludes halogenated alkanes) is 1. The molecule has 28 heavy (non-hydrogen) atoms. The predicted octanol–water partition coefficient (Wildman–Crippen LogP) is 6.98. The van der Waals surface area contributed by atoms with E-state index < -0.39 is 23.5 Å². The number of nitrogens with two attached hydrogens (primary N) is 1. The maximum absolute atomic E-state index is 13.7. The molecule has 0 saturated heterocycles. The first-order chi connectivity index (χ1) is 13.0. The molecule has 152 valence electrons. The summed E-state index contributed by atoms with van der Waals surface area (Å²) in [4.78, 5) is 3.45. The van der Waals surface area contributed by atoms with Gasteiger partial charge in [0.1, 0.15) is 0 Å². The van der Waals surface area contributed by atoms with Crippen molar-refractivity contribution in [2.75, 3.05) is 6.54 Å². The molecule has 3 aromatic rings. The van der Waals surface area contributed by atoms with Crippen LogP contribution in [0.15, 0.2) is 28.1 Å². The number of benzene rings is 1. The van der Waals surface area contributed by atoms with E-state index in [1.165, 1.54) is 11.3 Å². The summed E-state index contributed by atoms with van der Waals surface area (Å²) in [5, 5.41) is 1.54. The molecular formula is C18H15BrF6N2S. The maximum atomic E-state index is 13.7. The lowest BCUT2D eigenvalue weighted by atomic mass is 9.97. The lowest BCUT2D eigenvalue weighted by molar-refractivity contribution is -0.142. The van der Waals surface area contributed by atoms with Gasteiger partial charge in [0, 0.05) is 15.4 Å². The van der Waals surface area contributed by atoms with Crippen molar-refractivity contribution in [1.29, 1.82) is 0 Å². The number of aryl methyl sites for hydroxylation is 1. The highest BCUT2D eigenvalue weighted by Gasteiger charge is 2.39. The normalized spacial score (nSPS) is 12.9. The first-order valence-electron chi connectivity index (χ1n) is 8.30. The summed E-state index contributed by atoms with van der Waals surface area (Å²) in [7, 11) is 0. The number of aromatic amines is 1. The number of hydrogen-bond donors (Lipinski definition) is 2. The number of aromatic nitrogens is 1. The van der Waals surface area contributed by atoms with Crippen molar-refractivity contribution < 1.29 is 26.3 Å². The van der Waals surface area contributed by atoms with E-state index in [-0.39, 0.29) is 23.4 Å². The largest absolute Gasteiger partial charge is 0.417 e. The zero-order chi connectivity index (χ0) is 20.7. The van der Waals surface area contributed by atoms with Gasteiger partial charge in [-0.3, -0.25) is 0 Å². The summed E-state index contributed by atoms with van der Waals surface area (Å²) in [5.74, 6) is 0. The van der Waals surface area contributed by atoms with E-state index in [1.54, 1.807) is 11.4 Å². The Kier molecular flexibility index (Phi) is 5.84. The van der Waals surface area contributed by atoms with Gasteiger partial charge in [0.25, 0.3) is 0 Å². The number of thiophene rings is 1. The smallest absolute Gasteiger partial charge is 0.354 e. The lowest BCUT2D eigenvalue weighted by Gasteiger charge is -2.14. The summed E-state index contributed by atoms with van der Waals surface area (Å²) >= 11 is 4.64. The van der Waals surface area contributed by atoms with Crippen LogP contribution in [0, 0.1) is 0 Å². The first-order valence-corrected chi connectivity index (χ1v) is 9.97. The van der Waals surface area contributed by atoms with E-state index in [0.717, 1.165) is 6.07 Å². The molecule has 0 aliphatic heterocycles. The Bertz CT molecular complexity index is 987. The average molecular weight is 485 g/mol. The second-order valence-corrected chi connectivity index (χ2v) is 8.03. The molecule has 10 heteroatoms. The highest BCUT2D eigenvalue weighted by molar-refractivity contribution is 9.10. The minimum atomic E-state index is -4.92. The van der Waals surface area contributed by atoms with Crippen LogP contribution in [0.1, 0.15) is 29.5 Å². The van der Waals surface area contributed by atoms with Crippen LogP contribution in [0.4, 0.5) is 26.3 Å². The molecule has 0 aliphatic carbocycles. The van der Waals surface area contributed by atoms with Crippen LogP contribution in [0.3, 0.4) is 0 Å². The monoisotopic (exact) mass is 484 g/mol. The summed E-state index contributed by atoms with van der Waals surface area (Å²) in [6, 6.07) is 2.67. The van der Waals surface area contributed by atoms with Crippen LogP contribution < -0.4 is 5.73 Å². The van der Waals surface area contributed by atoms with Gasteiger partial charge in [-0.15, -0.1) is 11.3 Å². The summed E-state index contributed by atoms with van der Waals surface area (Å²) in [5.41, 5.74) is 3.44. The van der Waals surface area contributed by atoms with Gasteiger partial charge in [-0.05, 0) is 70.9 Å². The molecule has 0 saturated carbocycles. The average Bonchev–Trinajstić information content (AvgIpc) is 3.16. The second kappa shape index (κ2) is 7.72. The summed E-state index contributed by atoms with van der Waals surface area (Å²) in [6.45, 7) is 0.380. The van der Waals surface area contributed by atoms with Gasteiger partial charge >= 0.3 is 12.4 Å². The highest BCUT2D eigenvalue weighted by Crippen LogP contribution is 2.45. The molecule has 0 bridgehead atoms. The van der Waals surface area contributed by atoms with E-state index in [4.69, 9.17) is 5.73 Å². The van der Waals surface area contributed by atoms with Gasteiger partial charge in [-0.1, -0.05) is 0 Å². The van der Waals surface area contributed by atoms with Gasteiger partial charge in [0.15, 0.2) is 0 Å². The zero-order valence-electron chi connectivity index (χ0n) is 14.3. The van der Waals surface area contributed by atoms with Crippen molar-refractivity contribution >= 4 is 38.2 Å². The van der Waals surface area contributed by atoms with E-state index >= 15 is 0 Å². The third-order valence-electron chi connectivity index (χ3n) is 4.36. The fourth-order valence-electron chi connectivity index (χ4n) is 3.15. The molecule has 2 nitrogen and oxygen atoms in total. The topological polar surface area (TPSA) is 41.8 Å². The van der Waals surface area contributed by atoms with Crippen molar-refractivity contribution in [2.24, 2.45) is 5.73 Å². The molecular weight excluding hydrogens is 470 g/mol. The number of alkyl halides is 6. The Hall–Kier alpha value is -1.52. The number of rotatable bonds is 5. The van der Waals surface area contributed by atoms with Crippen molar-refractivity contribution in [3.8, 4) is 10.6 Å². The van der Waals surface area contributed by atoms with Crippen LogP contribution in [0.25, 0.3) is 21.5 Å². The number of H-pyrrole nitrogens is 1. The molecule has 0 aliphatic rings. The predicted molar refractivity (Wildman–Crippen MR) is 101 cm³/mol. The quantitative estimate of drug-likeness (QED) is 0.297. The number of fused-ring (bicyclic) bond motifs is 1. The van der Waals surface area contributed by atoms with Crippen molar-refractivity contribution in [1.82, 2.24) is 4.98 Å². The fraction of sp³-hybridized carbons (Fsp3) is 0.333. The fourth-order valence-corrected chi connectivity index (χ4v) is 4.75. The van der Waals surface area contributed by atoms with E-state index in [0.29, 0.717) is 40.0 Å². The molecule has 0 atom stereocenters. The van der Waals surface area contributed by atoms with Crippen LogP contribution in [0.5, 0.6) is 0 Å². The molecule has 1 aromatic carbocycles. The van der Waals surface area contributed by atoms with Gasteiger partial charge in [-0.2, -0.15) is 26.3 Å². The second-order valence-electron chi connectivity index (χ2n) is 6.26. The van der Waals surface area contributed by atoms with Crippen LogP contribution in [-0.4, -0.2) is 11.5 Å². The SMILES string of the molecule is NCCCCc1c(-c2sccc2Br)[nH]c2cc(C(F)(F)F)cc(C(F)(F)F)c12. The number of nitrogens with one attached hydrogen (secondary N) is 1. The third kappa shape index (κ3) is 4.08. The zero-order valence-corrected chi connectivity index (χ0v) is 16.7. The van der Waals surface area contributed by atoms with Crippen molar-refractivity contribution in [2.45, 2.75) is 31.6 Å². The molecule has 3 rings (SSSR count). The first kappa shape index (κ1) is 21.2. The summed E-state index contributed by atoms with van der Waals surface area (Å²) < 4.78 is 81.2. The number of hydrogen-bond acceptors (Lipinski definition) is 2. The Labute approximate surface area is 168 Å². The van der Waals surface area contributed by atoms with Crippen LogP contribution >= 0.6 is 27.3 Å². The van der Waals surface area contributed by atoms with E-state index in [2.05, 4.69) is 20.9 Å². The Morgan fingerprint density at radius 3 is 2.29 bits per heavy atom. The van der Waals surface area contributed by atoms with E-state index in [1.807, 2.05) is 0 Å². The molecule has 2 heterocycles. The standard InChI is InChI=1S/C18H15BrF6N2S/c19-12-4-6-28-16(12)15-10(3-1-2-5-26)14-11(18(23,24)25)7-9(17(20,21)22)8-13(14)27-15/h4,6-8,27H,1-3,5,26H2. The molecule has 0 spiro atoms. The Balaban J connectivity index is 2.34. The third-order valence-corrected chi connectivity index (χ3v) is 6.21. The Morgan fingerprint density at radius 2 is 1.75 bits per heavy atom. The van der Waals surface area contributed by atoms with Crippen LogP contribution in [-0.2, 0) is 18.8 Å². The molecule has 0 fully saturated rings. The minimum Gasteiger partial charge on any atom is -0.354 e. The lowest BCUT2D eigenvalue weighted by Crippen LogP contribution is -2.11. The van der Waals surface area contributed by atoms with Crippen LogP contribution in [0.2, 0.25) is 0 Å². The minimum absolute atomic E-state index is 0.180. The maximum Gasteiger partial charge on any atom is 0.417 e. The molecule has 0 radical (unpaired) electrons. The van der Waals surface area contributed by atoms with Gasteiger partial charge in [0.05, 0.1) is 21.7 Å². The van der Waals surface area contributed by atoms with Gasteiger partial charge in [-0.25, -0.2) is 0 Å². The highest BCUT2D eigenvalue weighted by atomic mass is 79.9. The molecule has 0 unspecified atom stereocenters. The van der Waals surface area contributed by atoms with Crippen molar-refractivity contribution in [3.05, 3.63) is 44.7 Å². The van der Waals surface area contributed by atoms with Gasteiger partial charge < -0.3 is 10.7 Å². The van der Waals surface area contributed by atoms with Crippen molar-refractivity contribution in [3.63, 3.8) is 0 Å². The molecule has 2 aromatic heterocycles. The molecule has 3 N–H and O–H groups in total. The summed E-state index contributed by atoms with van der Waals surface area (Å²) in [6.07, 6.45) is -8.42. The molecule has 0 amide bonds. The van der Waals surface area contributed by atoms with E-state index in [9.17, 15) is 26.3 Å². The number of halogens is 7. The Morgan fingerprint density at radius 1 is 1.04 bits per heavy atom. The van der Waals surface area contributed by atoms with Gasteiger partial charge in [0.2, 0.25) is 0 Å².